The molecule has 128 valence electrons. The Bertz CT molecular complexity index is 678. The van der Waals surface area contributed by atoms with Crippen LogP contribution in [-0.2, 0) is 4.74 Å². The van der Waals surface area contributed by atoms with Gasteiger partial charge in [-0.2, -0.15) is 0 Å². The predicted octanol–water partition coefficient (Wildman–Crippen LogP) is 2.15. The van der Waals surface area contributed by atoms with Crippen LogP contribution in [0.4, 0.5) is 5.69 Å². The molecule has 0 aliphatic carbocycles. The normalized spacial score (nSPS) is 15.6. The van der Waals surface area contributed by atoms with Gasteiger partial charge in [-0.15, -0.1) is 0 Å². The van der Waals surface area contributed by atoms with Gasteiger partial charge in [-0.25, -0.2) is 15.0 Å². The van der Waals surface area contributed by atoms with Crippen molar-refractivity contribution in [3.63, 3.8) is 0 Å². The Morgan fingerprint density at radius 3 is 2.79 bits per heavy atom. The molecule has 0 unspecified atom stereocenters. The quantitative estimate of drug-likeness (QED) is 0.739. The average Bonchev–Trinajstić information content (AvgIpc) is 2.52. The van der Waals surface area contributed by atoms with Crippen LogP contribution in [0.1, 0.15) is 13.3 Å². The number of aliphatic hydroxyl groups excluding tert-OH is 1. The fourth-order valence-electron chi connectivity index (χ4n) is 2.16. The molecule has 1 saturated heterocycles. The minimum absolute atomic E-state index is 0.0556. The van der Waals surface area contributed by atoms with Crippen LogP contribution in [0.2, 0.25) is 5.15 Å². The van der Waals surface area contributed by atoms with Crippen molar-refractivity contribution in [3.05, 3.63) is 29.8 Å². The number of aliphatic hydroxyl groups is 1. The summed E-state index contributed by atoms with van der Waals surface area (Å²) >= 11 is 5.98. The number of anilines is 1. The van der Waals surface area contributed by atoms with Crippen molar-refractivity contribution in [2.75, 3.05) is 25.1 Å². The lowest BCUT2D eigenvalue weighted by molar-refractivity contribution is -0.0814. The van der Waals surface area contributed by atoms with Gasteiger partial charge < -0.3 is 19.9 Å². The number of hydrogen-bond donors (Lipinski definition) is 2. The number of hydrogen-bond acceptors (Lipinski definition) is 7. The standard InChI is InChI=1S/C16H19ClN4O3/c1-10(22)2-3-18-13-4-15(17)20-5-12(13)14-6-21-16(7-19-14)24-11-8-23-9-11/h4-7,10-11,22H,2-3,8-9H2,1H3,(H,18,20)/t10-/m0/s1. The molecule has 0 bridgehead atoms. The van der Waals surface area contributed by atoms with Crippen LogP contribution in [0.25, 0.3) is 11.3 Å². The van der Waals surface area contributed by atoms with E-state index in [0.29, 0.717) is 42.9 Å². The Hall–Kier alpha value is -1.96. The topological polar surface area (TPSA) is 89.4 Å². The lowest BCUT2D eigenvalue weighted by Crippen LogP contribution is -2.38. The van der Waals surface area contributed by atoms with Crippen LogP contribution in [0.15, 0.2) is 24.7 Å². The summed E-state index contributed by atoms with van der Waals surface area (Å²) in [6, 6.07) is 1.73. The molecule has 3 rings (SSSR count). The van der Waals surface area contributed by atoms with Gasteiger partial charge >= 0.3 is 0 Å². The Morgan fingerprint density at radius 2 is 2.17 bits per heavy atom. The van der Waals surface area contributed by atoms with Gasteiger partial charge in [0, 0.05) is 24.0 Å². The number of rotatable bonds is 7. The molecule has 1 fully saturated rings. The zero-order valence-electron chi connectivity index (χ0n) is 13.3. The monoisotopic (exact) mass is 350 g/mol. The third kappa shape index (κ3) is 4.31. The third-order valence-corrected chi connectivity index (χ3v) is 3.75. The highest BCUT2D eigenvalue weighted by atomic mass is 35.5. The highest BCUT2D eigenvalue weighted by Gasteiger charge is 2.20. The van der Waals surface area contributed by atoms with Gasteiger partial charge in [-0.1, -0.05) is 11.6 Å². The zero-order valence-corrected chi connectivity index (χ0v) is 14.0. The summed E-state index contributed by atoms with van der Waals surface area (Å²) in [5.74, 6) is 0.470. The van der Waals surface area contributed by atoms with Crippen molar-refractivity contribution in [3.8, 4) is 17.1 Å². The largest absolute Gasteiger partial charge is 0.468 e. The van der Waals surface area contributed by atoms with Gasteiger partial charge in [0.1, 0.15) is 11.3 Å². The second-order valence-electron chi connectivity index (χ2n) is 5.63. The number of nitrogens with one attached hydrogen (secondary N) is 1. The van der Waals surface area contributed by atoms with Gasteiger partial charge in [0.25, 0.3) is 0 Å². The number of ether oxygens (including phenoxy) is 2. The van der Waals surface area contributed by atoms with E-state index >= 15 is 0 Å². The molecule has 1 aliphatic heterocycles. The van der Waals surface area contributed by atoms with E-state index in [-0.39, 0.29) is 12.2 Å². The van der Waals surface area contributed by atoms with Crippen molar-refractivity contribution in [1.29, 1.82) is 0 Å². The molecule has 0 aromatic carbocycles. The number of pyridine rings is 1. The minimum atomic E-state index is -0.370. The third-order valence-electron chi connectivity index (χ3n) is 3.55. The lowest BCUT2D eigenvalue weighted by Gasteiger charge is -2.25. The Kier molecular flexibility index (Phi) is 5.44. The summed E-state index contributed by atoms with van der Waals surface area (Å²) in [6.45, 7) is 3.53. The van der Waals surface area contributed by atoms with Gasteiger partial charge in [-0.05, 0) is 19.4 Å². The molecule has 1 aliphatic rings. The van der Waals surface area contributed by atoms with E-state index in [4.69, 9.17) is 21.1 Å². The average molecular weight is 351 g/mol. The minimum Gasteiger partial charge on any atom is -0.468 e. The molecule has 1 atom stereocenters. The van der Waals surface area contributed by atoms with E-state index in [2.05, 4.69) is 20.3 Å². The summed E-state index contributed by atoms with van der Waals surface area (Å²) in [7, 11) is 0. The first-order chi connectivity index (χ1) is 11.6. The maximum atomic E-state index is 9.38. The fraction of sp³-hybridized carbons (Fsp3) is 0.438. The second-order valence-corrected chi connectivity index (χ2v) is 6.02. The summed E-state index contributed by atoms with van der Waals surface area (Å²) in [6.07, 6.45) is 5.19. The Morgan fingerprint density at radius 1 is 1.33 bits per heavy atom. The molecule has 0 spiro atoms. The summed E-state index contributed by atoms with van der Waals surface area (Å²) in [5.41, 5.74) is 2.25. The van der Waals surface area contributed by atoms with E-state index in [1.54, 1.807) is 31.6 Å². The smallest absolute Gasteiger partial charge is 0.232 e. The van der Waals surface area contributed by atoms with Crippen molar-refractivity contribution in [1.82, 2.24) is 15.0 Å². The SMILES string of the molecule is C[C@H](O)CCNc1cc(Cl)ncc1-c1cnc(OC2COC2)cn1. The van der Waals surface area contributed by atoms with Crippen LogP contribution in [0, 0.1) is 0 Å². The molecule has 0 radical (unpaired) electrons. The zero-order chi connectivity index (χ0) is 16.9. The van der Waals surface area contributed by atoms with Crippen LogP contribution in [0.3, 0.4) is 0 Å². The fourth-order valence-corrected chi connectivity index (χ4v) is 2.32. The van der Waals surface area contributed by atoms with E-state index in [1.807, 2.05) is 0 Å². The first-order valence-corrected chi connectivity index (χ1v) is 8.14. The van der Waals surface area contributed by atoms with E-state index in [1.165, 1.54) is 0 Å². The highest BCUT2D eigenvalue weighted by Crippen LogP contribution is 2.28. The number of halogens is 1. The van der Waals surface area contributed by atoms with Gasteiger partial charge in [0.15, 0.2) is 0 Å². The van der Waals surface area contributed by atoms with Crippen molar-refractivity contribution in [2.45, 2.75) is 25.6 Å². The molecule has 3 heterocycles. The molecule has 2 N–H and O–H groups in total. The summed E-state index contributed by atoms with van der Waals surface area (Å²) in [4.78, 5) is 12.8. The molecular weight excluding hydrogens is 332 g/mol. The predicted molar refractivity (Wildman–Crippen MR) is 90.3 cm³/mol. The summed E-state index contributed by atoms with van der Waals surface area (Å²) in [5, 5.41) is 13.0. The van der Waals surface area contributed by atoms with Crippen LogP contribution in [-0.4, -0.2) is 52.0 Å². The lowest BCUT2D eigenvalue weighted by atomic mass is 10.1. The van der Waals surface area contributed by atoms with Gasteiger partial charge in [-0.3, -0.25) is 0 Å². The highest BCUT2D eigenvalue weighted by molar-refractivity contribution is 6.29. The molecule has 24 heavy (non-hydrogen) atoms. The Balaban J connectivity index is 1.74. The molecule has 2 aromatic heterocycles. The Labute approximate surface area is 145 Å². The molecular formula is C16H19ClN4O3. The van der Waals surface area contributed by atoms with Crippen molar-refractivity contribution >= 4 is 17.3 Å². The number of nitrogens with zero attached hydrogens (tertiary/aromatic N) is 3. The first-order valence-electron chi connectivity index (χ1n) is 7.76. The first kappa shape index (κ1) is 16.9. The van der Waals surface area contributed by atoms with Crippen LogP contribution in [0.5, 0.6) is 5.88 Å². The molecule has 0 amide bonds. The molecule has 2 aromatic rings. The maximum absolute atomic E-state index is 9.38. The number of aromatic nitrogens is 3. The second kappa shape index (κ2) is 7.74. The van der Waals surface area contributed by atoms with Crippen LogP contribution < -0.4 is 10.1 Å². The van der Waals surface area contributed by atoms with E-state index in [0.717, 1.165) is 11.3 Å². The summed E-state index contributed by atoms with van der Waals surface area (Å²) < 4.78 is 10.7. The van der Waals surface area contributed by atoms with Crippen molar-refractivity contribution in [2.24, 2.45) is 0 Å². The van der Waals surface area contributed by atoms with Gasteiger partial charge in [0.05, 0.1) is 37.4 Å². The molecule has 7 nitrogen and oxygen atoms in total. The molecule has 8 heteroatoms. The maximum Gasteiger partial charge on any atom is 0.232 e. The van der Waals surface area contributed by atoms with E-state index < -0.39 is 0 Å². The van der Waals surface area contributed by atoms with Crippen molar-refractivity contribution < 1.29 is 14.6 Å². The van der Waals surface area contributed by atoms with Gasteiger partial charge in [0.2, 0.25) is 5.88 Å². The molecule has 0 saturated carbocycles. The van der Waals surface area contributed by atoms with E-state index in [9.17, 15) is 5.11 Å². The van der Waals surface area contributed by atoms with Crippen LogP contribution >= 0.6 is 11.6 Å².